The predicted molar refractivity (Wildman–Crippen MR) is 103 cm³/mol. The molecule has 2 aromatic carbocycles. The highest BCUT2D eigenvalue weighted by Gasteiger charge is 2.32. The molecular formula is C21H17F4N3O. The Bertz CT molecular complexity index is 1060. The van der Waals surface area contributed by atoms with Gasteiger partial charge in [-0.2, -0.15) is 13.2 Å². The van der Waals surface area contributed by atoms with Crippen molar-refractivity contribution in [2.24, 2.45) is 0 Å². The molecular weight excluding hydrogens is 386 g/mol. The zero-order valence-corrected chi connectivity index (χ0v) is 15.6. The number of carbonyl (C=O) groups excluding carboxylic acids is 1. The molecule has 1 amide bonds. The van der Waals surface area contributed by atoms with Gasteiger partial charge in [0.2, 0.25) is 0 Å². The second kappa shape index (κ2) is 7.90. The van der Waals surface area contributed by atoms with Gasteiger partial charge in [-0.05, 0) is 55.3 Å². The van der Waals surface area contributed by atoms with Gasteiger partial charge in [0.05, 0.1) is 11.3 Å². The Hall–Kier alpha value is -3.42. The van der Waals surface area contributed by atoms with Gasteiger partial charge >= 0.3 is 6.18 Å². The summed E-state index contributed by atoms with van der Waals surface area (Å²) < 4.78 is 52.4. The number of pyridine rings is 1. The van der Waals surface area contributed by atoms with Crippen molar-refractivity contribution in [2.75, 3.05) is 10.6 Å². The van der Waals surface area contributed by atoms with Crippen molar-refractivity contribution < 1.29 is 22.4 Å². The van der Waals surface area contributed by atoms with Gasteiger partial charge in [-0.15, -0.1) is 0 Å². The Morgan fingerprint density at radius 2 is 1.72 bits per heavy atom. The fraction of sp³-hybridized carbons (Fsp3) is 0.143. The van der Waals surface area contributed by atoms with E-state index in [4.69, 9.17) is 0 Å². The standard InChI is InChI=1S/C21H17F4N3O/c1-12-7-18(19(26-11-12)27-17-6-4-3-5-13(17)2)28-20(29)14-8-15(21(23,24)25)10-16(22)9-14/h3-11H,1-2H3,(H,26,27)(H,28,29). The van der Waals surface area contributed by atoms with Crippen LogP contribution in [0, 0.1) is 19.7 Å². The third-order valence-corrected chi connectivity index (χ3v) is 4.16. The van der Waals surface area contributed by atoms with Crippen LogP contribution < -0.4 is 10.6 Å². The summed E-state index contributed by atoms with van der Waals surface area (Å²) in [7, 11) is 0. The van der Waals surface area contributed by atoms with E-state index in [1.54, 1.807) is 19.2 Å². The van der Waals surface area contributed by atoms with Gasteiger partial charge in [0.25, 0.3) is 5.91 Å². The third-order valence-electron chi connectivity index (χ3n) is 4.16. The number of aryl methyl sites for hydroxylation is 2. The van der Waals surface area contributed by atoms with Crippen molar-refractivity contribution in [3.8, 4) is 0 Å². The van der Waals surface area contributed by atoms with Crippen molar-refractivity contribution >= 4 is 23.1 Å². The summed E-state index contributed by atoms with van der Waals surface area (Å²) in [6.45, 7) is 3.64. The Morgan fingerprint density at radius 1 is 1.00 bits per heavy atom. The fourth-order valence-corrected chi connectivity index (χ4v) is 2.68. The Labute approximate surface area is 164 Å². The molecule has 8 heteroatoms. The molecule has 0 fully saturated rings. The first kappa shape index (κ1) is 20.3. The monoisotopic (exact) mass is 403 g/mol. The van der Waals surface area contributed by atoms with Gasteiger partial charge in [-0.25, -0.2) is 9.37 Å². The maximum atomic E-state index is 13.6. The molecule has 0 aliphatic rings. The quantitative estimate of drug-likeness (QED) is 0.537. The Morgan fingerprint density at radius 3 is 2.41 bits per heavy atom. The highest BCUT2D eigenvalue weighted by molar-refractivity contribution is 6.06. The zero-order chi connectivity index (χ0) is 21.2. The number of anilines is 3. The SMILES string of the molecule is Cc1cnc(Nc2ccccc2C)c(NC(=O)c2cc(F)cc(C(F)(F)F)c2)c1. The number of aromatic nitrogens is 1. The number of benzene rings is 2. The lowest BCUT2D eigenvalue weighted by Crippen LogP contribution is -2.16. The lowest BCUT2D eigenvalue weighted by Gasteiger charge is -2.15. The van der Waals surface area contributed by atoms with Crippen molar-refractivity contribution in [3.63, 3.8) is 0 Å². The first-order valence-electron chi connectivity index (χ1n) is 8.62. The van der Waals surface area contributed by atoms with Crippen molar-refractivity contribution in [1.82, 2.24) is 4.98 Å². The van der Waals surface area contributed by atoms with E-state index < -0.39 is 29.0 Å². The molecule has 150 valence electrons. The second-order valence-corrected chi connectivity index (χ2v) is 6.53. The smallest absolute Gasteiger partial charge is 0.338 e. The molecule has 2 N–H and O–H groups in total. The van der Waals surface area contributed by atoms with Gasteiger partial charge in [0.15, 0.2) is 5.82 Å². The number of nitrogens with zero attached hydrogens (tertiary/aromatic N) is 1. The molecule has 0 unspecified atom stereocenters. The zero-order valence-electron chi connectivity index (χ0n) is 15.6. The van der Waals surface area contributed by atoms with E-state index in [1.807, 2.05) is 31.2 Å². The number of carbonyl (C=O) groups is 1. The molecule has 0 saturated carbocycles. The topological polar surface area (TPSA) is 54.0 Å². The summed E-state index contributed by atoms with van der Waals surface area (Å²) in [6, 6.07) is 10.7. The van der Waals surface area contributed by atoms with Crippen LogP contribution in [-0.4, -0.2) is 10.9 Å². The van der Waals surface area contributed by atoms with Crippen LogP contribution in [0.1, 0.15) is 27.0 Å². The maximum absolute atomic E-state index is 13.6. The number of rotatable bonds is 4. The number of halogens is 4. The minimum absolute atomic E-state index is 0.260. The van der Waals surface area contributed by atoms with E-state index in [-0.39, 0.29) is 5.69 Å². The Kier molecular flexibility index (Phi) is 5.54. The van der Waals surface area contributed by atoms with E-state index in [0.29, 0.717) is 18.0 Å². The number of hydrogen-bond acceptors (Lipinski definition) is 3. The highest BCUT2D eigenvalue weighted by Crippen LogP contribution is 2.31. The van der Waals surface area contributed by atoms with Crippen LogP contribution in [0.25, 0.3) is 0 Å². The van der Waals surface area contributed by atoms with Gasteiger partial charge in [-0.3, -0.25) is 4.79 Å². The first-order valence-corrected chi connectivity index (χ1v) is 8.62. The minimum atomic E-state index is -4.76. The van der Waals surface area contributed by atoms with E-state index in [9.17, 15) is 22.4 Å². The molecule has 0 saturated heterocycles. The number of alkyl halides is 3. The van der Waals surface area contributed by atoms with Gasteiger partial charge in [0, 0.05) is 17.4 Å². The maximum Gasteiger partial charge on any atom is 0.416 e. The predicted octanol–water partition coefficient (Wildman–Crippen LogP) is 5.85. The van der Waals surface area contributed by atoms with Crippen LogP contribution in [0.3, 0.4) is 0 Å². The molecule has 0 atom stereocenters. The van der Waals surface area contributed by atoms with E-state index in [2.05, 4.69) is 15.6 Å². The van der Waals surface area contributed by atoms with Crippen LogP contribution in [0.15, 0.2) is 54.7 Å². The number of nitrogens with one attached hydrogen (secondary N) is 2. The normalized spacial score (nSPS) is 11.2. The van der Waals surface area contributed by atoms with Crippen LogP contribution in [0.2, 0.25) is 0 Å². The molecule has 0 radical (unpaired) electrons. The summed E-state index contributed by atoms with van der Waals surface area (Å²) in [5.41, 5.74) is 1.00. The average molecular weight is 403 g/mol. The summed E-state index contributed by atoms with van der Waals surface area (Å²) in [6.07, 6.45) is -3.18. The van der Waals surface area contributed by atoms with Gasteiger partial charge in [-0.1, -0.05) is 18.2 Å². The molecule has 0 aliphatic heterocycles. The fourth-order valence-electron chi connectivity index (χ4n) is 2.68. The molecule has 1 heterocycles. The van der Waals surface area contributed by atoms with Crippen LogP contribution in [-0.2, 0) is 6.18 Å². The minimum Gasteiger partial charge on any atom is -0.338 e. The first-order chi connectivity index (χ1) is 13.6. The number of amides is 1. The molecule has 0 bridgehead atoms. The average Bonchev–Trinajstić information content (AvgIpc) is 2.64. The Balaban J connectivity index is 1.92. The van der Waals surface area contributed by atoms with Crippen LogP contribution in [0.4, 0.5) is 34.8 Å². The summed E-state index contributed by atoms with van der Waals surface area (Å²) in [5, 5.41) is 5.61. The van der Waals surface area contributed by atoms with Crippen LogP contribution in [0.5, 0.6) is 0 Å². The summed E-state index contributed by atoms with van der Waals surface area (Å²) in [5.74, 6) is -1.72. The third kappa shape index (κ3) is 4.90. The largest absolute Gasteiger partial charge is 0.416 e. The van der Waals surface area contributed by atoms with Crippen LogP contribution >= 0.6 is 0 Å². The molecule has 3 aromatic rings. The lowest BCUT2D eigenvalue weighted by molar-refractivity contribution is -0.137. The van der Waals surface area contributed by atoms with Gasteiger partial charge < -0.3 is 10.6 Å². The van der Waals surface area contributed by atoms with Crippen molar-refractivity contribution in [2.45, 2.75) is 20.0 Å². The molecule has 1 aromatic heterocycles. The van der Waals surface area contributed by atoms with E-state index in [0.717, 1.165) is 22.9 Å². The second-order valence-electron chi connectivity index (χ2n) is 6.53. The number of hydrogen-bond donors (Lipinski definition) is 2. The molecule has 0 aliphatic carbocycles. The summed E-state index contributed by atoms with van der Waals surface area (Å²) in [4.78, 5) is 16.8. The van der Waals surface area contributed by atoms with Crippen molar-refractivity contribution in [3.05, 3.63) is 82.8 Å². The molecule has 0 spiro atoms. The molecule has 3 rings (SSSR count). The molecule has 29 heavy (non-hydrogen) atoms. The van der Waals surface area contributed by atoms with Gasteiger partial charge in [0.1, 0.15) is 5.82 Å². The van der Waals surface area contributed by atoms with E-state index >= 15 is 0 Å². The summed E-state index contributed by atoms with van der Waals surface area (Å²) >= 11 is 0. The highest BCUT2D eigenvalue weighted by atomic mass is 19.4. The van der Waals surface area contributed by atoms with E-state index in [1.165, 1.54) is 0 Å². The number of para-hydroxylation sites is 1. The lowest BCUT2D eigenvalue weighted by atomic mass is 10.1. The molecule has 4 nitrogen and oxygen atoms in total. The van der Waals surface area contributed by atoms with Crippen molar-refractivity contribution in [1.29, 1.82) is 0 Å².